The number of hydrogen-bond donors (Lipinski definition) is 2. The number of anilines is 2. The van der Waals surface area contributed by atoms with Gasteiger partial charge in [0, 0.05) is 5.54 Å². The molecule has 0 atom stereocenters. The van der Waals surface area contributed by atoms with Crippen LogP contribution in [0.1, 0.15) is 25.8 Å². The van der Waals surface area contributed by atoms with Gasteiger partial charge in [-0.15, -0.1) is 0 Å². The van der Waals surface area contributed by atoms with E-state index in [2.05, 4.69) is 53.4 Å². The van der Waals surface area contributed by atoms with Gasteiger partial charge in [-0.1, -0.05) is 30.3 Å². The van der Waals surface area contributed by atoms with Crippen molar-refractivity contribution < 1.29 is 0 Å². The molecule has 0 saturated heterocycles. The average molecular weight is 291 g/mol. The first-order valence-electron chi connectivity index (χ1n) is 6.56. The normalized spacial score (nSPS) is 11.3. The van der Waals surface area contributed by atoms with Crippen molar-refractivity contribution in [3.8, 4) is 0 Å². The lowest BCUT2D eigenvalue weighted by atomic mass is 9.95. The molecule has 0 unspecified atom stereocenters. The Bertz CT molecular complexity index is 569. The molecular formula is C15H19ClN4. The topological polar surface area (TPSA) is 63.8 Å². The lowest BCUT2D eigenvalue weighted by Gasteiger charge is -2.27. The Kier molecular flexibility index (Phi) is 4.45. The smallest absolute Gasteiger partial charge is 0.224 e. The third-order valence-corrected chi connectivity index (χ3v) is 3.31. The molecule has 1 aromatic carbocycles. The van der Waals surface area contributed by atoms with Crippen LogP contribution in [0.4, 0.5) is 11.5 Å². The SMILES string of the molecule is CC(C)(CCc1ccccc1)Nc1nc(Cl)ncc1N. The van der Waals surface area contributed by atoms with Crippen LogP contribution >= 0.6 is 11.6 Å². The molecule has 0 aliphatic rings. The summed E-state index contributed by atoms with van der Waals surface area (Å²) in [6.45, 7) is 4.23. The van der Waals surface area contributed by atoms with Gasteiger partial charge < -0.3 is 11.1 Å². The molecular weight excluding hydrogens is 272 g/mol. The predicted octanol–water partition coefficient (Wildman–Crippen LogP) is 3.54. The zero-order chi connectivity index (χ0) is 14.6. The van der Waals surface area contributed by atoms with E-state index in [1.807, 2.05) is 6.07 Å². The highest BCUT2D eigenvalue weighted by atomic mass is 35.5. The minimum Gasteiger partial charge on any atom is -0.394 e. The van der Waals surface area contributed by atoms with E-state index in [0.717, 1.165) is 12.8 Å². The van der Waals surface area contributed by atoms with Crippen LogP contribution in [-0.2, 0) is 6.42 Å². The summed E-state index contributed by atoms with van der Waals surface area (Å²) in [5, 5.41) is 3.53. The maximum absolute atomic E-state index is 5.86. The monoisotopic (exact) mass is 290 g/mol. The van der Waals surface area contributed by atoms with Crippen LogP contribution < -0.4 is 11.1 Å². The first-order chi connectivity index (χ1) is 9.46. The zero-order valence-electron chi connectivity index (χ0n) is 11.7. The van der Waals surface area contributed by atoms with Gasteiger partial charge in [-0.05, 0) is 43.9 Å². The summed E-state index contributed by atoms with van der Waals surface area (Å²) in [4.78, 5) is 7.98. The largest absolute Gasteiger partial charge is 0.394 e. The molecule has 0 saturated carbocycles. The van der Waals surface area contributed by atoms with Crippen molar-refractivity contribution in [3.63, 3.8) is 0 Å². The van der Waals surface area contributed by atoms with Gasteiger partial charge in [0.05, 0.1) is 11.9 Å². The quantitative estimate of drug-likeness (QED) is 0.827. The zero-order valence-corrected chi connectivity index (χ0v) is 12.5. The van der Waals surface area contributed by atoms with Crippen LogP contribution in [0.25, 0.3) is 0 Å². The number of nitrogen functional groups attached to an aromatic ring is 1. The van der Waals surface area contributed by atoms with E-state index in [9.17, 15) is 0 Å². The summed E-state index contributed by atoms with van der Waals surface area (Å²) in [6, 6.07) is 10.4. The van der Waals surface area contributed by atoms with E-state index in [4.69, 9.17) is 17.3 Å². The first kappa shape index (κ1) is 14.6. The number of nitrogens with one attached hydrogen (secondary N) is 1. The Morgan fingerprint density at radius 3 is 2.65 bits per heavy atom. The fraction of sp³-hybridized carbons (Fsp3) is 0.333. The first-order valence-corrected chi connectivity index (χ1v) is 6.94. The molecule has 2 aromatic rings. The summed E-state index contributed by atoms with van der Waals surface area (Å²) in [5.41, 5.74) is 7.54. The second-order valence-electron chi connectivity index (χ2n) is 5.44. The molecule has 1 heterocycles. The molecule has 5 heteroatoms. The highest BCUT2D eigenvalue weighted by molar-refractivity contribution is 6.28. The Morgan fingerprint density at radius 1 is 1.25 bits per heavy atom. The maximum Gasteiger partial charge on any atom is 0.224 e. The molecule has 0 spiro atoms. The second kappa shape index (κ2) is 6.09. The number of rotatable bonds is 5. The highest BCUT2D eigenvalue weighted by Crippen LogP contribution is 2.23. The summed E-state index contributed by atoms with van der Waals surface area (Å²) in [6.07, 6.45) is 3.46. The van der Waals surface area contributed by atoms with E-state index in [1.165, 1.54) is 11.8 Å². The molecule has 0 radical (unpaired) electrons. The van der Waals surface area contributed by atoms with Gasteiger partial charge in [0.2, 0.25) is 5.28 Å². The molecule has 0 bridgehead atoms. The number of nitrogens with zero attached hydrogens (tertiary/aromatic N) is 2. The van der Waals surface area contributed by atoms with Gasteiger partial charge in [0.15, 0.2) is 5.82 Å². The molecule has 4 nitrogen and oxygen atoms in total. The number of halogens is 1. The number of benzene rings is 1. The van der Waals surface area contributed by atoms with E-state index in [0.29, 0.717) is 11.5 Å². The molecule has 2 rings (SSSR count). The van der Waals surface area contributed by atoms with Gasteiger partial charge in [-0.25, -0.2) is 4.98 Å². The van der Waals surface area contributed by atoms with E-state index >= 15 is 0 Å². The van der Waals surface area contributed by atoms with Crippen molar-refractivity contribution >= 4 is 23.1 Å². The summed E-state index contributed by atoms with van der Waals surface area (Å²) >= 11 is 5.80. The van der Waals surface area contributed by atoms with Crippen LogP contribution in [0.15, 0.2) is 36.5 Å². The lowest BCUT2D eigenvalue weighted by molar-refractivity contribution is 0.517. The van der Waals surface area contributed by atoms with Gasteiger partial charge in [-0.2, -0.15) is 4.98 Å². The lowest BCUT2D eigenvalue weighted by Crippen LogP contribution is -2.32. The molecule has 3 N–H and O–H groups in total. The van der Waals surface area contributed by atoms with Crippen LogP contribution in [0.2, 0.25) is 5.28 Å². The standard InChI is InChI=1S/C15H19ClN4/c1-15(2,9-8-11-6-4-3-5-7-11)20-13-12(17)10-18-14(16)19-13/h3-7,10H,8-9,17H2,1-2H3,(H,18,19,20). The van der Waals surface area contributed by atoms with E-state index in [1.54, 1.807) is 0 Å². The molecule has 0 aliphatic carbocycles. The van der Waals surface area contributed by atoms with E-state index in [-0.39, 0.29) is 10.8 Å². The van der Waals surface area contributed by atoms with Crippen LogP contribution in [0.3, 0.4) is 0 Å². The molecule has 0 fully saturated rings. The number of aromatic nitrogens is 2. The fourth-order valence-electron chi connectivity index (χ4n) is 1.95. The maximum atomic E-state index is 5.86. The summed E-state index contributed by atoms with van der Waals surface area (Å²) in [7, 11) is 0. The van der Waals surface area contributed by atoms with Gasteiger partial charge in [-0.3, -0.25) is 0 Å². The molecule has 0 amide bonds. The van der Waals surface area contributed by atoms with Crippen LogP contribution in [0, 0.1) is 0 Å². The third kappa shape index (κ3) is 4.10. The minimum absolute atomic E-state index is 0.137. The van der Waals surface area contributed by atoms with Crippen molar-refractivity contribution in [1.29, 1.82) is 0 Å². The molecule has 0 aliphatic heterocycles. The van der Waals surface area contributed by atoms with Crippen LogP contribution in [0.5, 0.6) is 0 Å². The Labute approximate surface area is 124 Å². The Morgan fingerprint density at radius 2 is 1.95 bits per heavy atom. The number of hydrogen-bond acceptors (Lipinski definition) is 4. The molecule has 1 aromatic heterocycles. The highest BCUT2D eigenvalue weighted by Gasteiger charge is 2.19. The minimum atomic E-state index is -0.137. The number of nitrogens with two attached hydrogens (primary N) is 1. The Balaban J connectivity index is 2.01. The fourth-order valence-corrected chi connectivity index (χ4v) is 2.09. The number of aryl methyl sites for hydroxylation is 1. The van der Waals surface area contributed by atoms with Crippen molar-refractivity contribution in [2.75, 3.05) is 11.1 Å². The molecule has 20 heavy (non-hydrogen) atoms. The van der Waals surface area contributed by atoms with Crippen LogP contribution in [-0.4, -0.2) is 15.5 Å². The predicted molar refractivity (Wildman–Crippen MR) is 83.9 cm³/mol. The van der Waals surface area contributed by atoms with E-state index < -0.39 is 0 Å². The Hall–Kier alpha value is -1.81. The van der Waals surface area contributed by atoms with Crippen molar-refractivity contribution in [2.45, 2.75) is 32.2 Å². The van der Waals surface area contributed by atoms with Crippen molar-refractivity contribution in [3.05, 3.63) is 47.4 Å². The summed E-state index contributed by atoms with van der Waals surface area (Å²) in [5.74, 6) is 0.586. The third-order valence-electron chi connectivity index (χ3n) is 3.13. The van der Waals surface area contributed by atoms with Crippen molar-refractivity contribution in [2.24, 2.45) is 0 Å². The van der Waals surface area contributed by atoms with Gasteiger partial charge >= 0.3 is 0 Å². The molecule has 106 valence electrons. The summed E-state index contributed by atoms with van der Waals surface area (Å²) < 4.78 is 0. The average Bonchev–Trinajstić information content (AvgIpc) is 2.42. The van der Waals surface area contributed by atoms with Gasteiger partial charge in [0.1, 0.15) is 0 Å². The van der Waals surface area contributed by atoms with Crippen molar-refractivity contribution in [1.82, 2.24) is 9.97 Å². The second-order valence-corrected chi connectivity index (χ2v) is 5.78. The van der Waals surface area contributed by atoms with Gasteiger partial charge in [0.25, 0.3) is 0 Å².